The van der Waals surface area contributed by atoms with E-state index in [9.17, 15) is 10.2 Å². The van der Waals surface area contributed by atoms with Gasteiger partial charge < -0.3 is 10.2 Å². The number of nitrogens with zero attached hydrogens (tertiary/aromatic N) is 2. The van der Waals surface area contributed by atoms with E-state index in [-0.39, 0.29) is 11.5 Å². The van der Waals surface area contributed by atoms with Crippen molar-refractivity contribution in [2.24, 2.45) is 0 Å². The molecular weight excluding hydrogens is 516 g/mol. The molecule has 2 heterocycles. The van der Waals surface area contributed by atoms with Gasteiger partial charge in [-0.25, -0.2) is 9.97 Å². The molecule has 0 atom stereocenters. The minimum atomic E-state index is 0.116. The molecular formula is C38H24N2O2. The minimum Gasteiger partial charge on any atom is -0.507 e. The second kappa shape index (κ2) is 12.0. The molecule has 0 spiro atoms. The van der Waals surface area contributed by atoms with Gasteiger partial charge in [-0.1, -0.05) is 72.2 Å². The quantitative estimate of drug-likeness (QED) is 0.226. The van der Waals surface area contributed by atoms with Crippen LogP contribution in [0.4, 0.5) is 0 Å². The van der Waals surface area contributed by atoms with Crippen LogP contribution < -0.4 is 0 Å². The second-order valence-corrected chi connectivity index (χ2v) is 9.51. The van der Waals surface area contributed by atoms with Crippen molar-refractivity contribution >= 4 is 0 Å². The SMILES string of the molecule is Oc1ccc(C#Cc2ccccc2)cc1-c1cccc(-c2cccc(-c3cc(C#Cc4ccccc4)ccc3O)n2)n1. The average Bonchev–Trinajstić information content (AvgIpc) is 3.05. The largest absolute Gasteiger partial charge is 0.507 e. The molecule has 198 valence electrons. The van der Waals surface area contributed by atoms with Gasteiger partial charge in [-0.15, -0.1) is 0 Å². The van der Waals surface area contributed by atoms with E-state index in [4.69, 9.17) is 9.97 Å². The van der Waals surface area contributed by atoms with Crippen molar-refractivity contribution in [1.29, 1.82) is 0 Å². The third-order valence-electron chi connectivity index (χ3n) is 6.56. The molecule has 0 saturated heterocycles. The minimum absolute atomic E-state index is 0.116. The molecule has 2 N–H and O–H groups in total. The van der Waals surface area contributed by atoms with Crippen molar-refractivity contribution < 1.29 is 10.2 Å². The lowest BCUT2D eigenvalue weighted by atomic mass is 10.0. The summed E-state index contributed by atoms with van der Waals surface area (Å²) in [5.41, 5.74) is 6.99. The van der Waals surface area contributed by atoms with E-state index in [1.807, 2.05) is 109 Å². The summed E-state index contributed by atoms with van der Waals surface area (Å²) in [6.07, 6.45) is 0. The number of hydrogen-bond acceptors (Lipinski definition) is 4. The van der Waals surface area contributed by atoms with Gasteiger partial charge in [0.1, 0.15) is 11.5 Å². The Labute approximate surface area is 244 Å². The second-order valence-electron chi connectivity index (χ2n) is 9.51. The maximum Gasteiger partial charge on any atom is 0.125 e. The lowest BCUT2D eigenvalue weighted by Crippen LogP contribution is -1.93. The zero-order valence-corrected chi connectivity index (χ0v) is 22.5. The Hall–Kier alpha value is -6.10. The molecule has 6 rings (SSSR count). The van der Waals surface area contributed by atoms with E-state index < -0.39 is 0 Å². The highest BCUT2D eigenvalue weighted by molar-refractivity contribution is 5.74. The van der Waals surface area contributed by atoms with Crippen LogP contribution in [0.2, 0.25) is 0 Å². The molecule has 4 aromatic carbocycles. The molecule has 0 unspecified atom stereocenters. The maximum atomic E-state index is 10.7. The Bertz CT molecular complexity index is 1860. The van der Waals surface area contributed by atoms with Crippen LogP contribution in [-0.2, 0) is 0 Å². The van der Waals surface area contributed by atoms with Gasteiger partial charge in [-0.2, -0.15) is 0 Å². The maximum absolute atomic E-state index is 10.7. The first kappa shape index (κ1) is 26.1. The van der Waals surface area contributed by atoms with E-state index >= 15 is 0 Å². The molecule has 4 heteroatoms. The topological polar surface area (TPSA) is 66.2 Å². The zero-order chi connectivity index (χ0) is 28.7. The molecule has 6 aromatic rings. The summed E-state index contributed by atoms with van der Waals surface area (Å²) in [5, 5.41) is 21.3. The van der Waals surface area contributed by atoms with E-state index in [1.54, 1.807) is 24.3 Å². The summed E-state index contributed by atoms with van der Waals surface area (Å²) < 4.78 is 0. The molecule has 0 aliphatic heterocycles. The Kier molecular flexibility index (Phi) is 7.45. The number of aromatic hydroxyl groups is 2. The van der Waals surface area contributed by atoms with Gasteiger partial charge in [0.15, 0.2) is 0 Å². The van der Waals surface area contributed by atoms with E-state index in [0.717, 1.165) is 22.3 Å². The molecule has 0 aliphatic rings. The van der Waals surface area contributed by atoms with E-state index in [1.165, 1.54) is 0 Å². The summed E-state index contributed by atoms with van der Waals surface area (Å²) in [6, 6.07) is 41.2. The molecule has 0 saturated carbocycles. The van der Waals surface area contributed by atoms with Gasteiger partial charge in [0, 0.05) is 33.4 Å². The van der Waals surface area contributed by atoms with Crippen molar-refractivity contribution in [2.75, 3.05) is 0 Å². The molecule has 2 aromatic heterocycles. The Morgan fingerprint density at radius 2 is 0.738 bits per heavy atom. The average molecular weight is 541 g/mol. The first-order valence-corrected chi connectivity index (χ1v) is 13.4. The highest BCUT2D eigenvalue weighted by Gasteiger charge is 2.12. The Morgan fingerprint density at radius 1 is 0.357 bits per heavy atom. The van der Waals surface area contributed by atoms with Crippen molar-refractivity contribution in [1.82, 2.24) is 9.97 Å². The molecule has 0 radical (unpaired) electrons. The standard InChI is InChI=1S/C38H24N2O2/c41-37-23-21-29(19-17-27-9-3-1-4-10-27)25-31(37)33-13-7-15-35(39-33)36-16-8-14-34(40-36)32-26-30(22-24-38(32)42)20-18-28-11-5-2-6-12-28/h1-16,21-26,41-42H. The lowest BCUT2D eigenvalue weighted by Gasteiger charge is -2.09. The Morgan fingerprint density at radius 3 is 1.17 bits per heavy atom. The zero-order valence-electron chi connectivity index (χ0n) is 22.5. The molecule has 4 nitrogen and oxygen atoms in total. The number of phenols is 2. The van der Waals surface area contributed by atoms with Gasteiger partial charge in [-0.05, 0) is 84.9 Å². The van der Waals surface area contributed by atoms with Crippen LogP contribution in [-0.4, -0.2) is 20.2 Å². The highest BCUT2D eigenvalue weighted by Crippen LogP contribution is 2.32. The van der Waals surface area contributed by atoms with Gasteiger partial charge in [0.25, 0.3) is 0 Å². The number of phenolic OH excluding ortho intramolecular Hbond substituents is 2. The van der Waals surface area contributed by atoms with Gasteiger partial charge in [-0.3, -0.25) is 0 Å². The Balaban J connectivity index is 1.31. The highest BCUT2D eigenvalue weighted by atomic mass is 16.3. The van der Waals surface area contributed by atoms with Gasteiger partial charge >= 0.3 is 0 Å². The normalized spacial score (nSPS) is 10.2. The third-order valence-corrected chi connectivity index (χ3v) is 6.56. The van der Waals surface area contributed by atoms with Crippen LogP contribution in [0.3, 0.4) is 0 Å². The summed E-state index contributed by atoms with van der Waals surface area (Å²) in [7, 11) is 0. The third kappa shape index (κ3) is 6.05. The summed E-state index contributed by atoms with van der Waals surface area (Å²) in [4.78, 5) is 9.63. The van der Waals surface area contributed by atoms with Crippen molar-refractivity contribution in [2.45, 2.75) is 0 Å². The fraction of sp³-hybridized carbons (Fsp3) is 0. The summed E-state index contributed by atoms with van der Waals surface area (Å²) >= 11 is 0. The summed E-state index contributed by atoms with van der Waals surface area (Å²) in [5.74, 6) is 12.9. The van der Waals surface area contributed by atoms with Crippen LogP contribution in [0.15, 0.2) is 133 Å². The van der Waals surface area contributed by atoms with Crippen LogP contribution in [0, 0.1) is 23.7 Å². The van der Waals surface area contributed by atoms with Crippen LogP contribution in [0.1, 0.15) is 22.3 Å². The lowest BCUT2D eigenvalue weighted by molar-refractivity contribution is 0.476. The van der Waals surface area contributed by atoms with E-state index in [2.05, 4.69) is 23.7 Å². The van der Waals surface area contributed by atoms with Crippen LogP contribution >= 0.6 is 0 Å². The van der Waals surface area contributed by atoms with Gasteiger partial charge in [0.05, 0.1) is 22.8 Å². The van der Waals surface area contributed by atoms with Crippen LogP contribution in [0.25, 0.3) is 33.9 Å². The fourth-order valence-corrected chi connectivity index (χ4v) is 4.42. The van der Waals surface area contributed by atoms with Crippen LogP contribution in [0.5, 0.6) is 11.5 Å². The summed E-state index contributed by atoms with van der Waals surface area (Å²) in [6.45, 7) is 0. The van der Waals surface area contributed by atoms with Crippen molar-refractivity contribution in [3.8, 4) is 69.1 Å². The molecule has 42 heavy (non-hydrogen) atoms. The number of benzene rings is 4. The predicted octanol–water partition coefficient (Wildman–Crippen LogP) is 7.69. The van der Waals surface area contributed by atoms with Crippen molar-refractivity contribution in [3.05, 3.63) is 156 Å². The smallest absolute Gasteiger partial charge is 0.125 e. The predicted molar refractivity (Wildman–Crippen MR) is 167 cm³/mol. The first-order chi connectivity index (χ1) is 20.6. The number of hydrogen-bond donors (Lipinski definition) is 2. The molecule has 0 amide bonds. The molecule has 0 fully saturated rings. The fourth-order valence-electron chi connectivity index (χ4n) is 4.42. The first-order valence-electron chi connectivity index (χ1n) is 13.4. The molecule has 0 aliphatic carbocycles. The molecule has 0 bridgehead atoms. The number of pyridine rings is 2. The number of aromatic nitrogens is 2. The van der Waals surface area contributed by atoms with Gasteiger partial charge in [0.2, 0.25) is 0 Å². The number of rotatable bonds is 3. The van der Waals surface area contributed by atoms with E-state index in [0.29, 0.717) is 33.9 Å². The van der Waals surface area contributed by atoms with Crippen molar-refractivity contribution in [3.63, 3.8) is 0 Å². The monoisotopic (exact) mass is 540 g/mol.